The number of aliphatic imine (C=N–C) groups is 2. The normalized spacial score (nSPS) is 11.9. The van der Waals surface area contributed by atoms with Gasteiger partial charge in [0.05, 0.1) is 35.2 Å². The fourth-order valence-corrected chi connectivity index (χ4v) is 2.96. The molecule has 3 heteroatoms. The third-order valence-electron chi connectivity index (χ3n) is 4.40. The van der Waals surface area contributed by atoms with Crippen molar-refractivity contribution in [3.8, 4) is 0 Å². The Kier molecular flexibility index (Phi) is 5.47. The van der Waals surface area contributed by atoms with Crippen LogP contribution in [-0.2, 0) is 0 Å². The summed E-state index contributed by atoms with van der Waals surface area (Å²) in [6, 6.07) is 18.5. The summed E-state index contributed by atoms with van der Waals surface area (Å²) in [6.07, 6.45) is 3.74. The molecule has 0 bridgehead atoms. The van der Waals surface area contributed by atoms with Gasteiger partial charge >= 0.3 is 0 Å². The Morgan fingerprint density at radius 2 is 1.38 bits per heavy atom. The number of nitrogens with zero attached hydrogens (tertiary/aromatic N) is 2. The molecule has 0 spiro atoms. The first-order chi connectivity index (χ1) is 12.5. The van der Waals surface area contributed by atoms with Gasteiger partial charge in [-0.15, -0.1) is 0 Å². The molecule has 0 aliphatic carbocycles. The predicted octanol–water partition coefficient (Wildman–Crippen LogP) is 6.26. The molecule has 3 nitrogen and oxygen atoms in total. The number of hydrogen-bond acceptors (Lipinski definition) is 2. The fraction of sp³-hybridized carbons (Fsp3) is 0.217. The topological polar surface area (TPSA) is 40.5 Å². The van der Waals surface area contributed by atoms with Gasteiger partial charge in [0.25, 0.3) is 0 Å². The molecule has 1 heterocycles. The van der Waals surface area contributed by atoms with Crippen LogP contribution < -0.4 is 0 Å². The van der Waals surface area contributed by atoms with Crippen molar-refractivity contribution in [1.29, 1.82) is 0 Å². The van der Waals surface area contributed by atoms with Crippen LogP contribution in [0.1, 0.15) is 47.8 Å². The molecule has 1 aromatic heterocycles. The van der Waals surface area contributed by atoms with Crippen molar-refractivity contribution in [2.45, 2.75) is 33.6 Å². The van der Waals surface area contributed by atoms with Gasteiger partial charge in [0.1, 0.15) is 0 Å². The van der Waals surface area contributed by atoms with Crippen LogP contribution in [0.2, 0.25) is 0 Å². The Morgan fingerprint density at radius 3 is 2.04 bits per heavy atom. The van der Waals surface area contributed by atoms with Crippen molar-refractivity contribution >= 4 is 23.8 Å². The summed E-state index contributed by atoms with van der Waals surface area (Å²) in [7, 11) is 0. The van der Waals surface area contributed by atoms with Crippen molar-refractivity contribution in [1.82, 2.24) is 4.98 Å². The number of aromatic nitrogens is 1. The molecule has 3 rings (SSSR count). The van der Waals surface area contributed by atoms with Crippen LogP contribution in [0.3, 0.4) is 0 Å². The standard InChI is InChI=1S/C23H25N3/c1-16(2)21-10-5-6-11-22(21)24-14-19-12-13-20(26-19)15-25-23-17(3)8-7-9-18(23)4/h5-16,26H,1-4H3. The highest BCUT2D eigenvalue weighted by Crippen LogP contribution is 2.26. The van der Waals surface area contributed by atoms with Crippen LogP contribution in [0.4, 0.5) is 11.4 Å². The van der Waals surface area contributed by atoms with Crippen molar-refractivity contribution in [3.05, 3.63) is 82.7 Å². The van der Waals surface area contributed by atoms with Crippen molar-refractivity contribution < 1.29 is 0 Å². The summed E-state index contributed by atoms with van der Waals surface area (Å²) < 4.78 is 0. The molecule has 0 aliphatic rings. The van der Waals surface area contributed by atoms with Gasteiger partial charge in [-0.2, -0.15) is 0 Å². The summed E-state index contributed by atoms with van der Waals surface area (Å²) in [6.45, 7) is 8.54. The lowest BCUT2D eigenvalue weighted by molar-refractivity contribution is 0.867. The van der Waals surface area contributed by atoms with E-state index >= 15 is 0 Å². The lowest BCUT2D eigenvalue weighted by Gasteiger charge is -2.08. The first-order valence-corrected chi connectivity index (χ1v) is 8.97. The molecule has 0 unspecified atom stereocenters. The summed E-state index contributed by atoms with van der Waals surface area (Å²) in [5, 5.41) is 0. The first kappa shape index (κ1) is 17.9. The van der Waals surface area contributed by atoms with Gasteiger partial charge in [0, 0.05) is 0 Å². The zero-order valence-electron chi connectivity index (χ0n) is 15.8. The van der Waals surface area contributed by atoms with Crippen LogP contribution >= 0.6 is 0 Å². The Bertz CT molecular complexity index is 925. The highest BCUT2D eigenvalue weighted by atomic mass is 14.8. The lowest BCUT2D eigenvalue weighted by atomic mass is 10.0. The molecule has 0 amide bonds. The van der Waals surface area contributed by atoms with E-state index in [0.29, 0.717) is 5.92 Å². The van der Waals surface area contributed by atoms with Gasteiger partial charge in [-0.25, -0.2) is 0 Å². The zero-order valence-corrected chi connectivity index (χ0v) is 15.8. The summed E-state index contributed by atoms with van der Waals surface area (Å²) >= 11 is 0. The molecular formula is C23H25N3. The number of hydrogen-bond donors (Lipinski definition) is 1. The van der Waals surface area contributed by atoms with Gasteiger partial charge in [0.2, 0.25) is 0 Å². The highest BCUT2D eigenvalue weighted by Gasteiger charge is 2.04. The van der Waals surface area contributed by atoms with E-state index < -0.39 is 0 Å². The number of aromatic amines is 1. The minimum absolute atomic E-state index is 0.451. The Balaban J connectivity index is 1.78. The van der Waals surface area contributed by atoms with Gasteiger partial charge < -0.3 is 4.98 Å². The first-order valence-electron chi connectivity index (χ1n) is 8.97. The van der Waals surface area contributed by atoms with E-state index in [2.05, 4.69) is 79.1 Å². The highest BCUT2D eigenvalue weighted by molar-refractivity contribution is 5.86. The molecule has 0 aliphatic heterocycles. The molecule has 2 aromatic carbocycles. The van der Waals surface area contributed by atoms with E-state index in [1.165, 1.54) is 16.7 Å². The molecular weight excluding hydrogens is 318 g/mol. The van der Waals surface area contributed by atoms with Crippen LogP contribution in [0.15, 0.2) is 64.6 Å². The Labute approximate surface area is 155 Å². The Morgan fingerprint density at radius 1 is 0.769 bits per heavy atom. The number of rotatable bonds is 5. The van der Waals surface area contributed by atoms with Crippen molar-refractivity contribution in [2.24, 2.45) is 9.98 Å². The third-order valence-corrected chi connectivity index (χ3v) is 4.40. The van der Waals surface area contributed by atoms with E-state index in [1.807, 2.05) is 30.6 Å². The van der Waals surface area contributed by atoms with E-state index in [1.54, 1.807) is 0 Å². The molecule has 1 N–H and O–H groups in total. The Hall–Kier alpha value is -2.94. The second kappa shape index (κ2) is 7.96. The van der Waals surface area contributed by atoms with Gasteiger partial charge in [-0.1, -0.05) is 50.2 Å². The van der Waals surface area contributed by atoms with Gasteiger partial charge in [-0.3, -0.25) is 9.98 Å². The smallest absolute Gasteiger partial charge is 0.0688 e. The maximum absolute atomic E-state index is 4.66. The van der Waals surface area contributed by atoms with Gasteiger partial charge in [-0.05, 0) is 54.7 Å². The monoisotopic (exact) mass is 343 g/mol. The minimum atomic E-state index is 0.451. The summed E-state index contributed by atoms with van der Waals surface area (Å²) in [4.78, 5) is 12.6. The average Bonchev–Trinajstić information content (AvgIpc) is 3.07. The van der Waals surface area contributed by atoms with Crippen molar-refractivity contribution in [2.75, 3.05) is 0 Å². The fourth-order valence-electron chi connectivity index (χ4n) is 2.96. The third kappa shape index (κ3) is 4.17. The van der Waals surface area contributed by atoms with E-state index in [9.17, 15) is 0 Å². The van der Waals surface area contributed by atoms with Crippen LogP contribution in [0.5, 0.6) is 0 Å². The number of H-pyrrole nitrogens is 1. The maximum Gasteiger partial charge on any atom is 0.0688 e. The molecule has 132 valence electrons. The quantitative estimate of drug-likeness (QED) is 0.531. The van der Waals surface area contributed by atoms with Crippen LogP contribution in [0.25, 0.3) is 0 Å². The lowest BCUT2D eigenvalue weighted by Crippen LogP contribution is -1.89. The van der Waals surface area contributed by atoms with Gasteiger partial charge in [0.15, 0.2) is 0 Å². The second-order valence-electron chi connectivity index (χ2n) is 6.84. The number of aryl methyl sites for hydroxylation is 2. The number of para-hydroxylation sites is 2. The zero-order chi connectivity index (χ0) is 18.5. The number of nitrogens with one attached hydrogen (secondary N) is 1. The largest absolute Gasteiger partial charge is 0.353 e. The maximum atomic E-state index is 4.66. The molecule has 0 fully saturated rings. The molecule has 0 saturated heterocycles. The second-order valence-corrected chi connectivity index (χ2v) is 6.84. The SMILES string of the molecule is Cc1cccc(C)c1N=Cc1ccc(C=Nc2ccccc2C(C)C)[nH]1. The van der Waals surface area contributed by atoms with E-state index in [4.69, 9.17) is 0 Å². The molecule has 0 saturated carbocycles. The number of benzene rings is 2. The van der Waals surface area contributed by atoms with Crippen LogP contribution in [0, 0.1) is 13.8 Å². The van der Waals surface area contributed by atoms with Crippen molar-refractivity contribution in [3.63, 3.8) is 0 Å². The minimum Gasteiger partial charge on any atom is -0.353 e. The van der Waals surface area contributed by atoms with E-state index in [-0.39, 0.29) is 0 Å². The summed E-state index contributed by atoms with van der Waals surface area (Å²) in [5.41, 5.74) is 7.59. The average molecular weight is 343 g/mol. The molecule has 26 heavy (non-hydrogen) atoms. The molecule has 3 aromatic rings. The summed E-state index contributed by atoms with van der Waals surface area (Å²) in [5.74, 6) is 0.451. The predicted molar refractivity (Wildman–Crippen MR) is 112 cm³/mol. The molecule has 0 atom stereocenters. The van der Waals surface area contributed by atoms with E-state index in [0.717, 1.165) is 22.8 Å². The van der Waals surface area contributed by atoms with Crippen LogP contribution in [-0.4, -0.2) is 17.4 Å². The molecule has 0 radical (unpaired) electrons.